The number of nitrogens with one attached hydrogen (secondary N) is 1. The molecule has 2 heterocycles. The smallest absolute Gasteiger partial charge is 0.322 e. The van der Waals surface area contributed by atoms with Crippen molar-refractivity contribution < 1.29 is 14.1 Å². The number of carbonyl (C=O) groups is 1. The fourth-order valence-corrected chi connectivity index (χ4v) is 3.06. The number of aromatic nitrogens is 2. The second kappa shape index (κ2) is 5.48. The summed E-state index contributed by atoms with van der Waals surface area (Å²) in [4.78, 5) is 18.1. The van der Waals surface area contributed by atoms with Crippen LogP contribution in [0.3, 0.4) is 0 Å². The summed E-state index contributed by atoms with van der Waals surface area (Å²) >= 11 is 0. The number of benzene rings is 1. The van der Waals surface area contributed by atoms with E-state index in [1.807, 2.05) is 12.1 Å². The maximum Gasteiger partial charge on any atom is 0.322 e. The molecule has 2 aliphatic rings. The van der Waals surface area contributed by atoms with Crippen LogP contribution in [0, 0.1) is 0 Å². The molecule has 0 spiro atoms. The van der Waals surface area contributed by atoms with E-state index >= 15 is 0 Å². The SMILES string of the molecule is COc1ccc(-c2nc(C3(N)CCC3)no2)cc1N1CCNC1=O. The molecular formula is C16H19N5O3. The Morgan fingerprint density at radius 2 is 2.25 bits per heavy atom. The Kier molecular flexibility index (Phi) is 3.42. The molecule has 1 saturated carbocycles. The van der Waals surface area contributed by atoms with E-state index in [-0.39, 0.29) is 6.03 Å². The molecule has 8 nitrogen and oxygen atoms in total. The summed E-state index contributed by atoms with van der Waals surface area (Å²) in [6.07, 6.45) is 2.82. The van der Waals surface area contributed by atoms with E-state index in [1.165, 1.54) is 0 Å². The molecular weight excluding hydrogens is 310 g/mol. The first-order valence-corrected chi connectivity index (χ1v) is 7.97. The standard InChI is InChI=1S/C16H19N5O3/c1-23-12-4-3-10(9-11(12)21-8-7-18-15(21)22)13-19-14(20-24-13)16(17)5-2-6-16/h3-4,9H,2,5-8,17H2,1H3,(H,18,22). The minimum atomic E-state index is -0.466. The van der Waals surface area contributed by atoms with Crippen LogP contribution in [0.1, 0.15) is 25.1 Å². The molecule has 126 valence electrons. The van der Waals surface area contributed by atoms with Gasteiger partial charge in [0.2, 0.25) is 0 Å². The number of nitrogens with zero attached hydrogens (tertiary/aromatic N) is 3. The number of methoxy groups -OCH3 is 1. The largest absolute Gasteiger partial charge is 0.495 e. The lowest BCUT2D eigenvalue weighted by atomic mass is 9.77. The van der Waals surface area contributed by atoms with E-state index < -0.39 is 5.54 Å². The summed E-state index contributed by atoms with van der Waals surface area (Å²) in [5, 5.41) is 6.82. The van der Waals surface area contributed by atoms with Gasteiger partial charge in [-0.05, 0) is 37.5 Å². The Balaban J connectivity index is 1.70. The summed E-state index contributed by atoms with van der Waals surface area (Å²) in [5.74, 6) is 1.55. The minimum Gasteiger partial charge on any atom is -0.495 e. The summed E-state index contributed by atoms with van der Waals surface area (Å²) in [6, 6.07) is 5.30. The Labute approximate surface area is 139 Å². The Morgan fingerprint density at radius 3 is 2.88 bits per heavy atom. The number of ether oxygens (including phenoxy) is 1. The van der Waals surface area contributed by atoms with Gasteiger partial charge < -0.3 is 20.3 Å². The van der Waals surface area contributed by atoms with E-state index in [9.17, 15) is 4.79 Å². The molecule has 2 fully saturated rings. The predicted molar refractivity (Wildman–Crippen MR) is 86.7 cm³/mol. The maximum absolute atomic E-state index is 12.0. The number of hydrogen-bond acceptors (Lipinski definition) is 6. The van der Waals surface area contributed by atoms with E-state index in [0.717, 1.165) is 24.8 Å². The molecule has 3 N–H and O–H groups in total. The molecule has 1 saturated heterocycles. The van der Waals surface area contributed by atoms with Crippen LogP contribution in [0.2, 0.25) is 0 Å². The van der Waals surface area contributed by atoms with Crippen molar-refractivity contribution >= 4 is 11.7 Å². The second-order valence-electron chi connectivity index (χ2n) is 6.20. The first-order valence-electron chi connectivity index (χ1n) is 7.97. The normalized spacial score (nSPS) is 19.1. The lowest BCUT2D eigenvalue weighted by Gasteiger charge is -2.34. The van der Waals surface area contributed by atoms with Crippen LogP contribution in [0.5, 0.6) is 5.75 Å². The summed E-state index contributed by atoms with van der Waals surface area (Å²) < 4.78 is 10.8. The number of carbonyl (C=O) groups excluding carboxylic acids is 1. The van der Waals surface area contributed by atoms with Crippen molar-refractivity contribution in [1.29, 1.82) is 0 Å². The van der Waals surface area contributed by atoms with Crippen molar-refractivity contribution in [2.24, 2.45) is 5.73 Å². The van der Waals surface area contributed by atoms with E-state index in [0.29, 0.717) is 36.2 Å². The molecule has 0 atom stereocenters. The van der Waals surface area contributed by atoms with Crippen LogP contribution in [-0.4, -0.2) is 36.4 Å². The average molecular weight is 329 g/mol. The highest BCUT2D eigenvalue weighted by Gasteiger charge is 2.39. The highest BCUT2D eigenvalue weighted by molar-refractivity contribution is 5.96. The Morgan fingerprint density at radius 1 is 1.42 bits per heavy atom. The van der Waals surface area contributed by atoms with Gasteiger partial charge in [0.1, 0.15) is 5.75 Å². The lowest BCUT2D eigenvalue weighted by Crippen LogP contribution is -2.44. The fraction of sp³-hybridized carbons (Fsp3) is 0.438. The topological polar surface area (TPSA) is 107 Å². The number of hydrogen-bond donors (Lipinski definition) is 2. The van der Waals surface area contributed by atoms with Gasteiger partial charge in [-0.15, -0.1) is 0 Å². The van der Waals surface area contributed by atoms with Gasteiger partial charge >= 0.3 is 6.03 Å². The molecule has 1 aromatic carbocycles. The second-order valence-corrected chi connectivity index (χ2v) is 6.20. The van der Waals surface area contributed by atoms with Crippen molar-refractivity contribution in [3.63, 3.8) is 0 Å². The zero-order valence-corrected chi connectivity index (χ0v) is 13.4. The zero-order chi connectivity index (χ0) is 16.7. The van der Waals surface area contributed by atoms with E-state index in [4.69, 9.17) is 15.0 Å². The van der Waals surface area contributed by atoms with Gasteiger partial charge in [0, 0.05) is 18.7 Å². The van der Waals surface area contributed by atoms with Crippen LogP contribution in [0.4, 0.5) is 10.5 Å². The molecule has 0 radical (unpaired) electrons. The van der Waals surface area contributed by atoms with Crippen molar-refractivity contribution in [1.82, 2.24) is 15.5 Å². The monoisotopic (exact) mass is 329 g/mol. The average Bonchev–Trinajstić information content (AvgIpc) is 3.21. The lowest BCUT2D eigenvalue weighted by molar-refractivity contribution is 0.229. The quantitative estimate of drug-likeness (QED) is 0.882. The first kappa shape index (κ1) is 14.9. The maximum atomic E-state index is 12.0. The number of nitrogens with two attached hydrogens (primary N) is 1. The summed E-state index contributed by atoms with van der Waals surface area (Å²) in [6.45, 7) is 1.19. The minimum absolute atomic E-state index is 0.146. The Hall–Kier alpha value is -2.61. The van der Waals surface area contributed by atoms with Crippen LogP contribution >= 0.6 is 0 Å². The molecule has 24 heavy (non-hydrogen) atoms. The van der Waals surface area contributed by atoms with Crippen LogP contribution < -0.4 is 20.7 Å². The van der Waals surface area contributed by atoms with Crippen molar-refractivity contribution in [3.05, 3.63) is 24.0 Å². The van der Waals surface area contributed by atoms with Gasteiger partial charge in [-0.2, -0.15) is 4.98 Å². The van der Waals surface area contributed by atoms with Crippen molar-refractivity contribution in [2.45, 2.75) is 24.8 Å². The molecule has 2 amide bonds. The summed E-state index contributed by atoms with van der Waals surface area (Å²) in [5.41, 5.74) is 7.18. The van der Waals surface area contributed by atoms with Crippen molar-refractivity contribution in [3.8, 4) is 17.2 Å². The van der Waals surface area contributed by atoms with E-state index in [1.54, 1.807) is 18.1 Å². The highest BCUT2D eigenvalue weighted by atomic mass is 16.5. The van der Waals surface area contributed by atoms with Gasteiger partial charge in [-0.3, -0.25) is 4.90 Å². The van der Waals surface area contributed by atoms with Gasteiger partial charge in [0.05, 0.1) is 18.3 Å². The summed E-state index contributed by atoms with van der Waals surface area (Å²) in [7, 11) is 1.58. The molecule has 4 rings (SSSR count). The molecule has 1 aromatic heterocycles. The van der Waals surface area contributed by atoms with Gasteiger partial charge in [0.25, 0.3) is 5.89 Å². The first-order chi connectivity index (χ1) is 11.6. The third kappa shape index (κ3) is 2.30. The van der Waals surface area contributed by atoms with Crippen LogP contribution in [-0.2, 0) is 5.54 Å². The fourth-order valence-electron chi connectivity index (χ4n) is 3.06. The van der Waals surface area contributed by atoms with Crippen molar-refractivity contribution in [2.75, 3.05) is 25.1 Å². The molecule has 1 aliphatic heterocycles. The third-order valence-corrected chi connectivity index (χ3v) is 4.69. The molecule has 1 aliphatic carbocycles. The third-order valence-electron chi connectivity index (χ3n) is 4.69. The predicted octanol–water partition coefficient (Wildman–Crippen LogP) is 1.61. The van der Waals surface area contributed by atoms with Gasteiger partial charge in [-0.1, -0.05) is 5.16 Å². The Bertz CT molecular complexity index is 784. The molecule has 2 aromatic rings. The highest BCUT2D eigenvalue weighted by Crippen LogP contribution is 2.38. The molecule has 8 heteroatoms. The number of urea groups is 1. The van der Waals surface area contributed by atoms with Gasteiger partial charge in [0.15, 0.2) is 5.82 Å². The van der Waals surface area contributed by atoms with Gasteiger partial charge in [-0.25, -0.2) is 4.79 Å². The number of rotatable bonds is 4. The van der Waals surface area contributed by atoms with Crippen LogP contribution in [0.15, 0.2) is 22.7 Å². The molecule has 0 unspecified atom stereocenters. The molecule has 0 bridgehead atoms. The van der Waals surface area contributed by atoms with Crippen LogP contribution in [0.25, 0.3) is 11.5 Å². The number of amides is 2. The number of anilines is 1. The zero-order valence-electron chi connectivity index (χ0n) is 13.4. The van der Waals surface area contributed by atoms with E-state index in [2.05, 4.69) is 15.5 Å².